The lowest BCUT2D eigenvalue weighted by atomic mass is 9.74. The summed E-state index contributed by atoms with van der Waals surface area (Å²) in [4.78, 5) is 41.1. The number of nitrogens with zero attached hydrogens (tertiary/aromatic N) is 6. The molecule has 2 aliphatic heterocycles. The van der Waals surface area contributed by atoms with Crippen molar-refractivity contribution < 1.29 is 14.3 Å². The minimum Gasteiger partial charge on any atom is -0.360 e. The number of benzene rings is 1. The summed E-state index contributed by atoms with van der Waals surface area (Å²) < 4.78 is 8.83. The van der Waals surface area contributed by atoms with E-state index in [9.17, 15) is 9.59 Å². The lowest BCUT2D eigenvalue weighted by Gasteiger charge is -2.42. The molecule has 2 fully saturated rings. The molecule has 12 heteroatoms. The van der Waals surface area contributed by atoms with Crippen LogP contribution in [0.5, 0.6) is 0 Å². The molecule has 10 nitrogen and oxygen atoms in total. The number of piperidine rings is 2. The van der Waals surface area contributed by atoms with Crippen LogP contribution >= 0.6 is 11.3 Å². The van der Waals surface area contributed by atoms with Crippen molar-refractivity contribution in [2.75, 3.05) is 38.6 Å². The molecule has 0 saturated carbocycles. The summed E-state index contributed by atoms with van der Waals surface area (Å²) in [5.41, 5.74) is 3.29. The van der Waals surface area contributed by atoms with Crippen LogP contribution in [0.25, 0.3) is 21.1 Å². The molecule has 3 aromatic heterocycles. The number of carbonyl (C=O) groups excluding carboxylic acids is 2. The van der Waals surface area contributed by atoms with Crippen molar-refractivity contribution in [3.63, 3.8) is 0 Å². The molecule has 2 unspecified atom stereocenters. The lowest BCUT2D eigenvalue weighted by Crippen LogP contribution is -2.46. The Hall–Kier alpha value is -3.19. The van der Waals surface area contributed by atoms with Gasteiger partial charge in [0.15, 0.2) is 0 Å². The zero-order chi connectivity index (χ0) is 33.5. The van der Waals surface area contributed by atoms with Crippen LogP contribution in [0.3, 0.4) is 0 Å². The highest BCUT2D eigenvalue weighted by molar-refractivity contribution is 7.18. The molecule has 0 aliphatic carbocycles. The molecule has 252 valence electrons. The van der Waals surface area contributed by atoms with Gasteiger partial charge >= 0.3 is 11.8 Å². The second kappa shape index (κ2) is 13.4. The molecule has 2 amide bonds. The minimum atomic E-state index is -1.23. The van der Waals surface area contributed by atoms with Gasteiger partial charge in [0.2, 0.25) is 0 Å². The summed E-state index contributed by atoms with van der Waals surface area (Å²) in [5.74, 6) is -0.497. The fourth-order valence-corrected chi connectivity index (χ4v) is 9.24. The molecule has 1 aromatic carbocycles. The van der Waals surface area contributed by atoms with Gasteiger partial charge < -0.3 is 19.9 Å². The second-order valence-corrected chi connectivity index (χ2v) is 22.3. The molecule has 47 heavy (non-hydrogen) atoms. The van der Waals surface area contributed by atoms with E-state index in [0.717, 1.165) is 54.9 Å². The Morgan fingerprint density at radius 2 is 1.94 bits per heavy atom. The van der Waals surface area contributed by atoms with Crippen molar-refractivity contribution in [1.82, 2.24) is 29.5 Å². The number of pyridine rings is 1. The number of hydrogen-bond donors (Lipinski definition) is 1. The highest BCUT2D eigenvalue weighted by Gasteiger charge is 2.38. The Balaban J connectivity index is 1.20. The number of carbonyl (C=O) groups is 2. The van der Waals surface area contributed by atoms with E-state index in [2.05, 4.69) is 86.0 Å². The number of hydrogen-bond acceptors (Lipinski definition) is 8. The maximum Gasteiger partial charge on any atom is 0.314 e. The molecule has 2 aliphatic rings. The Morgan fingerprint density at radius 1 is 1.13 bits per heavy atom. The highest BCUT2D eigenvalue weighted by atomic mass is 32.1. The monoisotopic (exact) mass is 675 g/mol. The first-order valence-electron chi connectivity index (χ1n) is 16.9. The van der Waals surface area contributed by atoms with E-state index in [-0.39, 0.29) is 18.2 Å². The van der Waals surface area contributed by atoms with Gasteiger partial charge in [-0.2, -0.15) is 5.10 Å². The van der Waals surface area contributed by atoms with E-state index < -0.39 is 19.9 Å². The van der Waals surface area contributed by atoms with Crippen LogP contribution < -0.4 is 5.32 Å². The first-order valence-corrected chi connectivity index (χ1v) is 21.4. The van der Waals surface area contributed by atoms with Crippen molar-refractivity contribution in [1.29, 1.82) is 0 Å². The third kappa shape index (κ3) is 7.45. The van der Waals surface area contributed by atoms with Crippen LogP contribution in [-0.4, -0.2) is 82.7 Å². The third-order valence-electron chi connectivity index (χ3n) is 9.80. The number of aromatic nitrogens is 4. The third-order valence-corrected chi connectivity index (χ3v) is 12.7. The lowest BCUT2D eigenvalue weighted by molar-refractivity contribution is -0.146. The number of nitrogens with one attached hydrogen (secondary N) is 1. The zero-order valence-corrected chi connectivity index (χ0v) is 30.7. The van der Waals surface area contributed by atoms with Crippen LogP contribution in [0.4, 0.5) is 5.69 Å². The van der Waals surface area contributed by atoms with Crippen molar-refractivity contribution in [2.24, 2.45) is 11.3 Å². The Labute approximate surface area is 282 Å². The van der Waals surface area contributed by atoms with Crippen LogP contribution in [-0.2, 0) is 21.1 Å². The molecule has 5 heterocycles. The van der Waals surface area contributed by atoms with Gasteiger partial charge in [0, 0.05) is 45.3 Å². The Morgan fingerprint density at radius 3 is 2.70 bits per heavy atom. The average Bonchev–Trinajstić information content (AvgIpc) is 3.62. The van der Waals surface area contributed by atoms with Crippen molar-refractivity contribution in [3.8, 4) is 0 Å². The zero-order valence-electron chi connectivity index (χ0n) is 28.9. The average molecular weight is 676 g/mol. The standard InChI is InChI=1S/C35H49N7O3SSi/c1-23-8-10-29(24-9-11-30-27(16-24)39-33(46-30)26-12-13-40(4)21-35(26,2)3)41(20-23)34(44)32(43)38-28-19-36-17-25-18-37-42(31(25)28)22-45-14-15-47(5,6)7/h9,11,16-19,23,26,29H,8,10,12-15,20-22H2,1-7H3,(H,38,43)/t23-,26?,29?/m0/s1. The Bertz CT molecular complexity index is 1760. The minimum absolute atomic E-state index is 0.151. The van der Waals surface area contributed by atoms with Crippen LogP contribution in [0.15, 0.2) is 36.8 Å². The summed E-state index contributed by atoms with van der Waals surface area (Å²) >= 11 is 1.79. The highest BCUT2D eigenvalue weighted by Crippen LogP contribution is 2.45. The largest absolute Gasteiger partial charge is 0.360 e. The predicted molar refractivity (Wildman–Crippen MR) is 191 cm³/mol. The van der Waals surface area contributed by atoms with Gasteiger partial charge in [0.1, 0.15) is 6.73 Å². The SMILES string of the molecule is C[C@H]1CCC(c2ccc3sc(C4CCN(C)CC4(C)C)nc3c2)N(C(=O)C(=O)Nc2cncc3cnn(COCC[Si](C)(C)C)c23)C1. The van der Waals surface area contributed by atoms with E-state index >= 15 is 0 Å². The van der Waals surface area contributed by atoms with Crippen LogP contribution in [0.2, 0.25) is 25.7 Å². The normalized spacial score (nSPS) is 22.2. The smallest absolute Gasteiger partial charge is 0.314 e. The summed E-state index contributed by atoms with van der Waals surface area (Å²) in [6, 6.07) is 7.26. The van der Waals surface area contributed by atoms with E-state index in [4.69, 9.17) is 9.72 Å². The first kappa shape index (κ1) is 33.7. The number of amides is 2. The molecule has 0 spiro atoms. The van der Waals surface area contributed by atoms with Crippen molar-refractivity contribution >= 4 is 58.0 Å². The fourth-order valence-electron chi connectivity index (χ4n) is 7.19. The number of rotatable bonds is 8. The van der Waals surface area contributed by atoms with Crippen molar-refractivity contribution in [3.05, 3.63) is 47.4 Å². The molecule has 4 aromatic rings. The number of likely N-dealkylation sites (tertiary alicyclic amines) is 2. The first-order chi connectivity index (χ1) is 22.3. The van der Waals surface area contributed by atoms with Gasteiger partial charge in [0.05, 0.1) is 44.9 Å². The summed E-state index contributed by atoms with van der Waals surface area (Å²) in [7, 11) is 0.968. The summed E-state index contributed by atoms with van der Waals surface area (Å²) in [5, 5.41) is 9.31. The van der Waals surface area contributed by atoms with Gasteiger partial charge in [0.25, 0.3) is 0 Å². The topological polar surface area (TPSA) is 105 Å². The van der Waals surface area contributed by atoms with E-state index in [1.807, 2.05) is 0 Å². The van der Waals surface area contributed by atoms with Gasteiger partial charge in [-0.3, -0.25) is 14.6 Å². The fraction of sp³-hybridized carbons (Fsp3) is 0.571. The molecular weight excluding hydrogens is 627 g/mol. The second-order valence-electron chi connectivity index (χ2n) is 15.6. The molecular formula is C35H49N7O3SSi. The van der Waals surface area contributed by atoms with E-state index in [0.29, 0.717) is 36.2 Å². The molecule has 2 saturated heterocycles. The maximum atomic E-state index is 13.9. The Kier molecular flexibility index (Phi) is 9.59. The predicted octanol–water partition coefficient (Wildman–Crippen LogP) is 6.74. The van der Waals surface area contributed by atoms with Gasteiger partial charge in [-0.25, -0.2) is 9.67 Å². The summed E-state index contributed by atoms with van der Waals surface area (Å²) in [6.07, 6.45) is 7.86. The summed E-state index contributed by atoms with van der Waals surface area (Å²) in [6.45, 7) is 17.3. The number of ether oxygens (including phenoxy) is 1. The van der Waals surface area contributed by atoms with Crippen molar-refractivity contribution in [2.45, 2.75) is 84.4 Å². The number of thiazole rings is 1. The number of fused-ring (bicyclic) bond motifs is 2. The van der Waals surface area contributed by atoms with Crippen LogP contribution in [0, 0.1) is 11.3 Å². The quantitative estimate of drug-likeness (QED) is 0.125. The van der Waals surface area contributed by atoms with E-state index in [1.165, 1.54) is 9.71 Å². The van der Waals surface area contributed by atoms with Gasteiger partial charge in [-0.1, -0.05) is 46.5 Å². The number of anilines is 1. The molecule has 0 radical (unpaired) electrons. The molecule has 3 atom stereocenters. The molecule has 1 N–H and O–H groups in total. The van der Waals surface area contributed by atoms with Crippen LogP contribution in [0.1, 0.15) is 62.6 Å². The molecule has 6 rings (SSSR count). The van der Waals surface area contributed by atoms with E-state index in [1.54, 1.807) is 39.5 Å². The maximum absolute atomic E-state index is 13.9. The molecule has 0 bridgehead atoms. The van der Waals surface area contributed by atoms with Gasteiger partial charge in [-0.15, -0.1) is 11.3 Å². The van der Waals surface area contributed by atoms with Gasteiger partial charge in [-0.05, 0) is 67.9 Å².